The lowest BCUT2D eigenvalue weighted by Gasteiger charge is -2.30. The van der Waals surface area contributed by atoms with E-state index in [-0.39, 0.29) is 6.42 Å². The second-order valence-corrected chi connectivity index (χ2v) is 3.87. The van der Waals surface area contributed by atoms with Crippen molar-refractivity contribution in [2.24, 2.45) is 5.41 Å². The van der Waals surface area contributed by atoms with Crippen LogP contribution in [0.2, 0.25) is 0 Å². The Balaban J connectivity index is 4.50. The van der Waals surface area contributed by atoms with E-state index in [1.165, 1.54) is 13.8 Å². The largest absolute Gasteiger partial charge is 0.477 e. The summed E-state index contributed by atoms with van der Waals surface area (Å²) in [4.78, 5) is 10.3. The molecule has 78 valence electrons. The van der Waals surface area contributed by atoms with Crippen LogP contribution < -0.4 is 0 Å². The van der Waals surface area contributed by atoms with Gasteiger partial charge in [0, 0.05) is 5.41 Å². The van der Waals surface area contributed by atoms with Crippen molar-refractivity contribution >= 4 is 5.97 Å². The number of unbranched alkanes of at least 4 members (excludes halogenated alkanes) is 1. The number of alkyl halides is 2. The molecule has 0 aromatic heterocycles. The molecule has 0 aliphatic rings. The summed E-state index contributed by atoms with van der Waals surface area (Å²) in [6.45, 7) is 4.46. The Morgan fingerprint density at radius 2 is 1.85 bits per heavy atom. The zero-order valence-electron chi connectivity index (χ0n) is 8.23. The van der Waals surface area contributed by atoms with Crippen molar-refractivity contribution in [3.05, 3.63) is 0 Å². The van der Waals surface area contributed by atoms with Crippen molar-refractivity contribution in [2.75, 3.05) is 0 Å². The summed E-state index contributed by atoms with van der Waals surface area (Å²) in [5.74, 6) is -5.67. The number of carboxylic acids is 1. The van der Waals surface area contributed by atoms with E-state index < -0.39 is 17.3 Å². The standard InChI is InChI=1S/C9H16F2O2/c1-4-5-6-8(2,3)9(10,11)7(12)13/h4-6H2,1-3H3,(H,12,13). The maximum atomic E-state index is 13.0. The number of halogens is 2. The number of hydrogen-bond donors (Lipinski definition) is 1. The first-order valence-electron chi connectivity index (χ1n) is 4.37. The van der Waals surface area contributed by atoms with Crippen molar-refractivity contribution in [1.82, 2.24) is 0 Å². The van der Waals surface area contributed by atoms with Crippen LogP contribution in [0.1, 0.15) is 40.0 Å². The molecule has 0 spiro atoms. The molecule has 0 saturated heterocycles. The molecule has 0 saturated carbocycles. The fraction of sp³-hybridized carbons (Fsp3) is 0.889. The van der Waals surface area contributed by atoms with Gasteiger partial charge in [0.25, 0.3) is 0 Å². The van der Waals surface area contributed by atoms with Gasteiger partial charge in [0.15, 0.2) is 0 Å². The zero-order chi connectivity index (χ0) is 10.7. The number of hydrogen-bond acceptors (Lipinski definition) is 1. The lowest BCUT2D eigenvalue weighted by atomic mass is 9.80. The monoisotopic (exact) mass is 194 g/mol. The minimum atomic E-state index is -3.64. The summed E-state index contributed by atoms with van der Waals surface area (Å²) >= 11 is 0. The highest BCUT2D eigenvalue weighted by atomic mass is 19.3. The molecule has 1 N–H and O–H groups in total. The Bertz CT molecular complexity index is 188. The molecule has 0 amide bonds. The molecular formula is C9H16F2O2. The number of rotatable bonds is 5. The molecule has 0 aliphatic heterocycles. The summed E-state index contributed by atoms with van der Waals surface area (Å²) in [5, 5.41) is 8.33. The number of aliphatic carboxylic acids is 1. The predicted molar refractivity (Wildman–Crippen MR) is 45.9 cm³/mol. The van der Waals surface area contributed by atoms with Gasteiger partial charge in [0.2, 0.25) is 0 Å². The maximum Gasteiger partial charge on any atom is 0.375 e. The first-order chi connectivity index (χ1) is 5.75. The maximum absolute atomic E-state index is 13.0. The van der Waals surface area contributed by atoms with Crippen LogP contribution in [0.25, 0.3) is 0 Å². The highest BCUT2D eigenvalue weighted by Gasteiger charge is 2.52. The Hall–Kier alpha value is -0.670. The van der Waals surface area contributed by atoms with Crippen molar-refractivity contribution in [2.45, 2.75) is 46.0 Å². The Morgan fingerprint density at radius 3 is 2.15 bits per heavy atom. The van der Waals surface area contributed by atoms with Crippen LogP contribution in [0.5, 0.6) is 0 Å². The van der Waals surface area contributed by atoms with E-state index in [1.807, 2.05) is 6.92 Å². The van der Waals surface area contributed by atoms with Crippen molar-refractivity contribution in [3.8, 4) is 0 Å². The molecule has 2 nitrogen and oxygen atoms in total. The van der Waals surface area contributed by atoms with Gasteiger partial charge in [0.1, 0.15) is 0 Å². The van der Waals surface area contributed by atoms with Gasteiger partial charge in [0.05, 0.1) is 0 Å². The summed E-state index contributed by atoms with van der Waals surface area (Å²) in [6, 6.07) is 0. The molecule has 0 atom stereocenters. The lowest BCUT2D eigenvalue weighted by Crippen LogP contribution is -2.43. The molecule has 0 aromatic rings. The van der Waals surface area contributed by atoms with E-state index in [9.17, 15) is 13.6 Å². The Morgan fingerprint density at radius 1 is 1.38 bits per heavy atom. The third-order valence-electron chi connectivity index (χ3n) is 2.27. The quantitative estimate of drug-likeness (QED) is 0.730. The average Bonchev–Trinajstić information content (AvgIpc) is 2.00. The van der Waals surface area contributed by atoms with E-state index >= 15 is 0 Å². The molecular weight excluding hydrogens is 178 g/mol. The van der Waals surface area contributed by atoms with Gasteiger partial charge in [-0.3, -0.25) is 0 Å². The van der Waals surface area contributed by atoms with Crippen molar-refractivity contribution < 1.29 is 18.7 Å². The predicted octanol–water partition coefficient (Wildman–Crippen LogP) is 2.92. The smallest absolute Gasteiger partial charge is 0.375 e. The van der Waals surface area contributed by atoms with Gasteiger partial charge in [-0.05, 0) is 6.42 Å². The molecule has 4 heteroatoms. The minimum Gasteiger partial charge on any atom is -0.477 e. The summed E-state index contributed by atoms with van der Waals surface area (Å²) < 4.78 is 26.1. The summed E-state index contributed by atoms with van der Waals surface area (Å²) in [7, 11) is 0. The van der Waals surface area contributed by atoms with E-state index in [2.05, 4.69) is 0 Å². The van der Waals surface area contributed by atoms with Gasteiger partial charge in [-0.2, -0.15) is 8.78 Å². The topological polar surface area (TPSA) is 37.3 Å². The fourth-order valence-corrected chi connectivity index (χ4v) is 1.07. The number of carboxylic acid groups (broad SMARTS) is 1. The summed E-state index contributed by atoms with van der Waals surface area (Å²) in [5.41, 5.74) is -1.46. The first kappa shape index (κ1) is 12.3. The third-order valence-corrected chi connectivity index (χ3v) is 2.27. The third kappa shape index (κ3) is 2.64. The lowest BCUT2D eigenvalue weighted by molar-refractivity contribution is -0.184. The van der Waals surface area contributed by atoms with Gasteiger partial charge >= 0.3 is 11.9 Å². The molecule has 0 bridgehead atoms. The average molecular weight is 194 g/mol. The van der Waals surface area contributed by atoms with Crippen molar-refractivity contribution in [1.29, 1.82) is 0 Å². The van der Waals surface area contributed by atoms with Gasteiger partial charge in [-0.15, -0.1) is 0 Å². The second-order valence-electron chi connectivity index (χ2n) is 3.87. The molecule has 0 heterocycles. The van der Waals surface area contributed by atoms with Crippen LogP contribution in [-0.4, -0.2) is 17.0 Å². The van der Waals surface area contributed by atoms with E-state index in [4.69, 9.17) is 5.11 Å². The van der Waals surface area contributed by atoms with Crippen LogP contribution in [0.4, 0.5) is 8.78 Å². The van der Waals surface area contributed by atoms with Crippen LogP contribution in [0.3, 0.4) is 0 Å². The molecule has 0 radical (unpaired) electrons. The van der Waals surface area contributed by atoms with Crippen LogP contribution in [0, 0.1) is 5.41 Å². The molecule has 13 heavy (non-hydrogen) atoms. The van der Waals surface area contributed by atoms with E-state index in [0.29, 0.717) is 6.42 Å². The SMILES string of the molecule is CCCCC(C)(C)C(F)(F)C(=O)O. The van der Waals surface area contributed by atoms with Gasteiger partial charge in [-0.25, -0.2) is 4.79 Å². The summed E-state index contributed by atoms with van der Waals surface area (Å²) in [6.07, 6.45) is 1.64. The number of carbonyl (C=O) groups is 1. The van der Waals surface area contributed by atoms with Crippen LogP contribution in [-0.2, 0) is 4.79 Å². The molecule has 0 unspecified atom stereocenters. The molecule has 0 aromatic carbocycles. The van der Waals surface area contributed by atoms with Gasteiger partial charge < -0.3 is 5.11 Å². The Labute approximate surface area is 76.9 Å². The van der Waals surface area contributed by atoms with E-state index in [0.717, 1.165) is 6.42 Å². The van der Waals surface area contributed by atoms with Crippen LogP contribution in [0.15, 0.2) is 0 Å². The highest BCUT2D eigenvalue weighted by Crippen LogP contribution is 2.40. The first-order valence-corrected chi connectivity index (χ1v) is 4.37. The normalized spacial score (nSPS) is 13.0. The molecule has 0 fully saturated rings. The molecule has 0 rings (SSSR count). The zero-order valence-corrected chi connectivity index (χ0v) is 8.23. The highest BCUT2D eigenvalue weighted by molar-refractivity contribution is 5.76. The molecule has 0 aliphatic carbocycles. The van der Waals surface area contributed by atoms with E-state index in [1.54, 1.807) is 0 Å². The van der Waals surface area contributed by atoms with Crippen molar-refractivity contribution in [3.63, 3.8) is 0 Å². The fourth-order valence-electron chi connectivity index (χ4n) is 1.07. The second kappa shape index (κ2) is 4.03. The minimum absolute atomic E-state index is 0.225. The Kier molecular flexibility index (Phi) is 3.82. The van der Waals surface area contributed by atoms with Gasteiger partial charge in [-0.1, -0.05) is 33.6 Å². The van der Waals surface area contributed by atoms with Crippen LogP contribution >= 0.6 is 0 Å².